The highest BCUT2D eigenvalue weighted by molar-refractivity contribution is 9.10. The van der Waals surface area contributed by atoms with E-state index in [9.17, 15) is 5.11 Å². The van der Waals surface area contributed by atoms with Crippen LogP contribution < -0.4 is 0 Å². The van der Waals surface area contributed by atoms with Crippen LogP contribution >= 0.6 is 15.9 Å². The number of rotatable bonds is 2. The van der Waals surface area contributed by atoms with E-state index in [4.69, 9.17) is 4.42 Å². The van der Waals surface area contributed by atoms with E-state index in [1.807, 2.05) is 26.0 Å². The Bertz CT molecular complexity index is 502. The molecule has 0 fully saturated rings. The summed E-state index contributed by atoms with van der Waals surface area (Å²) in [4.78, 5) is 0. The molecule has 1 heterocycles. The highest BCUT2D eigenvalue weighted by Crippen LogP contribution is 2.31. The van der Waals surface area contributed by atoms with Crippen molar-refractivity contribution in [2.24, 2.45) is 0 Å². The van der Waals surface area contributed by atoms with Gasteiger partial charge in [-0.2, -0.15) is 0 Å². The van der Waals surface area contributed by atoms with Crippen LogP contribution in [-0.2, 0) is 0 Å². The Kier molecular flexibility index (Phi) is 3.17. The molecular weight excluding hydrogens is 268 g/mol. The Morgan fingerprint density at radius 1 is 1.25 bits per heavy atom. The van der Waals surface area contributed by atoms with E-state index >= 15 is 0 Å². The fourth-order valence-electron chi connectivity index (χ4n) is 1.77. The molecule has 2 nitrogen and oxygen atoms in total. The molecule has 2 rings (SSSR count). The fraction of sp³-hybridized carbons (Fsp3) is 0.231. The maximum atomic E-state index is 10.2. The lowest BCUT2D eigenvalue weighted by Gasteiger charge is -2.12. The lowest BCUT2D eigenvalue weighted by molar-refractivity contribution is 0.187. The molecule has 84 valence electrons. The first kappa shape index (κ1) is 11.4. The van der Waals surface area contributed by atoms with Crippen molar-refractivity contribution in [2.45, 2.75) is 20.0 Å². The van der Waals surface area contributed by atoms with E-state index in [0.29, 0.717) is 5.76 Å². The Hall–Kier alpha value is -1.06. The summed E-state index contributed by atoms with van der Waals surface area (Å²) in [7, 11) is 0. The van der Waals surface area contributed by atoms with Crippen molar-refractivity contribution in [1.82, 2.24) is 0 Å². The molecule has 1 N–H and O–H groups in total. The van der Waals surface area contributed by atoms with E-state index in [0.717, 1.165) is 15.6 Å². The Morgan fingerprint density at radius 2 is 2.00 bits per heavy atom. The van der Waals surface area contributed by atoms with Crippen molar-refractivity contribution in [3.63, 3.8) is 0 Å². The largest absolute Gasteiger partial charge is 0.465 e. The molecule has 0 saturated carbocycles. The average Bonchev–Trinajstić information content (AvgIpc) is 2.63. The number of benzene rings is 1. The minimum absolute atomic E-state index is 0.548. The summed E-state index contributed by atoms with van der Waals surface area (Å²) in [5.74, 6) is 0.548. The van der Waals surface area contributed by atoms with Gasteiger partial charge in [-0.25, -0.2) is 0 Å². The number of aliphatic hydroxyl groups is 1. The third-order valence-corrected chi connectivity index (χ3v) is 3.27. The zero-order valence-electron chi connectivity index (χ0n) is 9.20. The van der Waals surface area contributed by atoms with Gasteiger partial charge in [0.05, 0.1) is 10.7 Å². The Morgan fingerprint density at radius 3 is 2.56 bits per heavy atom. The first-order valence-corrected chi connectivity index (χ1v) is 5.87. The molecule has 0 aliphatic carbocycles. The van der Waals surface area contributed by atoms with E-state index in [1.54, 1.807) is 12.3 Å². The van der Waals surface area contributed by atoms with Gasteiger partial charge in [-0.1, -0.05) is 23.8 Å². The normalized spacial score (nSPS) is 12.8. The maximum absolute atomic E-state index is 10.2. The minimum Gasteiger partial charge on any atom is -0.465 e. The molecule has 16 heavy (non-hydrogen) atoms. The summed E-state index contributed by atoms with van der Waals surface area (Å²) in [6, 6.07) is 7.75. The molecule has 0 saturated heterocycles. The summed E-state index contributed by atoms with van der Waals surface area (Å²) in [5.41, 5.74) is 3.13. The average molecular weight is 281 g/mol. The van der Waals surface area contributed by atoms with Gasteiger partial charge in [-0.05, 0) is 47.0 Å². The predicted octanol–water partition coefficient (Wildman–Crippen LogP) is 3.74. The van der Waals surface area contributed by atoms with Crippen LogP contribution in [0.3, 0.4) is 0 Å². The molecule has 2 aromatic rings. The monoisotopic (exact) mass is 280 g/mol. The van der Waals surface area contributed by atoms with Gasteiger partial charge in [0.15, 0.2) is 5.76 Å². The van der Waals surface area contributed by atoms with E-state index in [1.165, 1.54) is 5.56 Å². The smallest absolute Gasteiger partial charge is 0.150 e. The van der Waals surface area contributed by atoms with Gasteiger partial charge in [-0.3, -0.25) is 0 Å². The molecule has 0 radical (unpaired) electrons. The van der Waals surface area contributed by atoms with Crippen LogP contribution in [0.1, 0.15) is 28.6 Å². The summed E-state index contributed by atoms with van der Waals surface area (Å²) >= 11 is 3.35. The van der Waals surface area contributed by atoms with Gasteiger partial charge in [0.2, 0.25) is 0 Å². The zero-order chi connectivity index (χ0) is 11.7. The molecular formula is C13H13BrO2. The number of aryl methyl sites for hydroxylation is 2. The first-order valence-electron chi connectivity index (χ1n) is 5.07. The van der Waals surface area contributed by atoms with Crippen molar-refractivity contribution >= 4 is 15.9 Å². The second-order valence-corrected chi connectivity index (χ2v) is 4.75. The van der Waals surface area contributed by atoms with Gasteiger partial charge in [0.1, 0.15) is 6.10 Å². The van der Waals surface area contributed by atoms with Gasteiger partial charge < -0.3 is 9.52 Å². The molecule has 1 unspecified atom stereocenters. The SMILES string of the molecule is Cc1ccc(C(O)c2occc2Br)c(C)c1. The van der Waals surface area contributed by atoms with Crippen LogP contribution in [-0.4, -0.2) is 5.11 Å². The molecule has 1 atom stereocenters. The lowest BCUT2D eigenvalue weighted by Crippen LogP contribution is -2.01. The maximum Gasteiger partial charge on any atom is 0.150 e. The number of furan rings is 1. The summed E-state index contributed by atoms with van der Waals surface area (Å²) in [6.45, 7) is 4.02. The Labute approximate surface area is 103 Å². The van der Waals surface area contributed by atoms with Crippen LogP contribution in [0.4, 0.5) is 0 Å². The summed E-state index contributed by atoms with van der Waals surface area (Å²) < 4.78 is 6.06. The number of hydrogen-bond acceptors (Lipinski definition) is 2. The predicted molar refractivity (Wildman–Crippen MR) is 66.4 cm³/mol. The topological polar surface area (TPSA) is 33.4 Å². The fourth-order valence-corrected chi connectivity index (χ4v) is 2.19. The van der Waals surface area contributed by atoms with Gasteiger partial charge >= 0.3 is 0 Å². The van der Waals surface area contributed by atoms with Crippen molar-refractivity contribution in [3.05, 3.63) is 57.5 Å². The molecule has 1 aromatic heterocycles. The highest BCUT2D eigenvalue weighted by Gasteiger charge is 2.18. The standard InChI is InChI=1S/C13H13BrO2/c1-8-3-4-10(9(2)7-8)12(15)13-11(14)5-6-16-13/h3-7,12,15H,1-2H3. The third-order valence-electron chi connectivity index (χ3n) is 2.61. The Balaban J connectivity index is 2.41. The van der Waals surface area contributed by atoms with Crippen LogP contribution in [0.15, 0.2) is 39.4 Å². The first-order chi connectivity index (χ1) is 7.59. The van der Waals surface area contributed by atoms with Gasteiger partial charge in [0.25, 0.3) is 0 Å². The molecule has 0 aliphatic heterocycles. The third kappa shape index (κ3) is 2.06. The van der Waals surface area contributed by atoms with Crippen molar-refractivity contribution in [3.8, 4) is 0 Å². The number of halogens is 1. The quantitative estimate of drug-likeness (QED) is 0.909. The second-order valence-electron chi connectivity index (χ2n) is 3.90. The van der Waals surface area contributed by atoms with E-state index in [2.05, 4.69) is 22.0 Å². The molecule has 1 aromatic carbocycles. The van der Waals surface area contributed by atoms with E-state index < -0.39 is 6.10 Å². The van der Waals surface area contributed by atoms with E-state index in [-0.39, 0.29) is 0 Å². The summed E-state index contributed by atoms with van der Waals surface area (Å²) in [6.07, 6.45) is 0.844. The van der Waals surface area contributed by atoms with Crippen LogP contribution in [0.2, 0.25) is 0 Å². The van der Waals surface area contributed by atoms with Crippen molar-refractivity contribution in [1.29, 1.82) is 0 Å². The van der Waals surface area contributed by atoms with Gasteiger partial charge in [-0.15, -0.1) is 0 Å². The van der Waals surface area contributed by atoms with Crippen LogP contribution in [0.5, 0.6) is 0 Å². The van der Waals surface area contributed by atoms with Crippen LogP contribution in [0, 0.1) is 13.8 Å². The minimum atomic E-state index is -0.718. The lowest BCUT2D eigenvalue weighted by atomic mass is 10.00. The van der Waals surface area contributed by atoms with Crippen LogP contribution in [0.25, 0.3) is 0 Å². The number of hydrogen-bond donors (Lipinski definition) is 1. The summed E-state index contributed by atoms with van der Waals surface area (Å²) in [5, 5.41) is 10.2. The molecule has 0 spiro atoms. The highest BCUT2D eigenvalue weighted by atomic mass is 79.9. The van der Waals surface area contributed by atoms with Crippen molar-refractivity contribution in [2.75, 3.05) is 0 Å². The van der Waals surface area contributed by atoms with Gasteiger partial charge in [0, 0.05) is 0 Å². The number of aliphatic hydroxyl groups excluding tert-OH is 1. The zero-order valence-corrected chi connectivity index (χ0v) is 10.8. The molecule has 0 aliphatic rings. The molecule has 0 bridgehead atoms. The van der Waals surface area contributed by atoms with Crippen molar-refractivity contribution < 1.29 is 9.52 Å². The molecule has 0 amide bonds. The second kappa shape index (κ2) is 4.44. The molecule has 3 heteroatoms.